The molecule has 0 unspecified atom stereocenters. The molecule has 0 saturated heterocycles. The van der Waals surface area contributed by atoms with Crippen LogP contribution >= 0.6 is 0 Å². The summed E-state index contributed by atoms with van der Waals surface area (Å²) in [4.78, 5) is 12.7. The molecular weight excluding hydrogens is 412 g/mol. The molecule has 0 radical (unpaired) electrons. The smallest absolute Gasteiger partial charge is 0.255 e. The van der Waals surface area contributed by atoms with Crippen molar-refractivity contribution in [2.75, 3.05) is 10.0 Å². The van der Waals surface area contributed by atoms with Crippen molar-refractivity contribution in [3.8, 4) is 5.75 Å². The Morgan fingerprint density at radius 1 is 1.03 bits per heavy atom. The lowest BCUT2D eigenvalue weighted by Gasteiger charge is -2.20. The summed E-state index contributed by atoms with van der Waals surface area (Å²) in [6.07, 6.45) is 5.74. The van der Waals surface area contributed by atoms with Crippen molar-refractivity contribution >= 4 is 27.3 Å². The first-order chi connectivity index (χ1) is 14.6. The van der Waals surface area contributed by atoms with Gasteiger partial charge in [-0.2, -0.15) is 0 Å². The minimum Gasteiger partial charge on any atom is -0.490 e. The Labute approximate surface area is 185 Å². The molecule has 0 aliphatic heterocycles. The van der Waals surface area contributed by atoms with Crippen molar-refractivity contribution in [3.05, 3.63) is 53.6 Å². The fourth-order valence-electron chi connectivity index (χ4n) is 3.44. The Morgan fingerprint density at radius 2 is 1.65 bits per heavy atom. The van der Waals surface area contributed by atoms with E-state index in [4.69, 9.17) is 4.74 Å². The third-order valence-electron chi connectivity index (χ3n) is 5.50. The molecule has 168 valence electrons. The predicted molar refractivity (Wildman–Crippen MR) is 125 cm³/mol. The third kappa shape index (κ3) is 5.79. The molecule has 7 heteroatoms. The lowest BCUT2D eigenvalue weighted by atomic mass is 10.1. The summed E-state index contributed by atoms with van der Waals surface area (Å²) in [5.41, 5.74) is 2.64. The third-order valence-corrected chi connectivity index (χ3v) is 7.62. The molecule has 31 heavy (non-hydrogen) atoms. The molecule has 0 spiro atoms. The van der Waals surface area contributed by atoms with Gasteiger partial charge in [0.2, 0.25) is 10.0 Å². The number of sulfonamides is 1. The maximum atomic E-state index is 12.7. The molecule has 2 N–H and O–H groups in total. The van der Waals surface area contributed by atoms with Crippen LogP contribution in [0.5, 0.6) is 5.75 Å². The highest BCUT2D eigenvalue weighted by Gasteiger charge is 2.28. The van der Waals surface area contributed by atoms with Crippen LogP contribution in [-0.2, 0) is 16.4 Å². The fraction of sp³-hybridized carbons (Fsp3) is 0.458. The van der Waals surface area contributed by atoms with Crippen LogP contribution in [0, 0.1) is 0 Å². The van der Waals surface area contributed by atoms with E-state index in [-0.39, 0.29) is 5.91 Å². The summed E-state index contributed by atoms with van der Waals surface area (Å²) >= 11 is 0. The number of ether oxygens (including phenoxy) is 1. The van der Waals surface area contributed by atoms with E-state index in [1.165, 1.54) is 12.8 Å². The normalized spacial score (nSPS) is 15.0. The summed E-state index contributed by atoms with van der Waals surface area (Å²) in [6, 6.07) is 12.1. The second-order valence-electron chi connectivity index (χ2n) is 8.95. The van der Waals surface area contributed by atoms with Crippen LogP contribution in [0.15, 0.2) is 42.5 Å². The highest BCUT2D eigenvalue weighted by atomic mass is 32.2. The average Bonchev–Trinajstić information content (AvgIpc) is 3.21. The quantitative estimate of drug-likeness (QED) is 0.602. The molecule has 3 rings (SSSR count). The number of hydrogen-bond acceptors (Lipinski definition) is 4. The monoisotopic (exact) mass is 444 g/mol. The first kappa shape index (κ1) is 23.1. The second kappa shape index (κ2) is 9.30. The topological polar surface area (TPSA) is 84.5 Å². The van der Waals surface area contributed by atoms with Crippen molar-refractivity contribution < 1.29 is 17.9 Å². The van der Waals surface area contributed by atoms with Crippen LogP contribution in [-0.4, -0.2) is 25.2 Å². The number of aryl methyl sites for hydroxylation is 1. The number of anilines is 2. The van der Waals surface area contributed by atoms with Crippen LogP contribution < -0.4 is 14.8 Å². The number of benzene rings is 2. The lowest BCUT2D eigenvalue weighted by Crippen LogP contribution is -2.33. The van der Waals surface area contributed by atoms with Gasteiger partial charge in [0.25, 0.3) is 5.91 Å². The van der Waals surface area contributed by atoms with Gasteiger partial charge >= 0.3 is 0 Å². The molecule has 0 atom stereocenters. The van der Waals surface area contributed by atoms with Crippen LogP contribution in [0.3, 0.4) is 0 Å². The van der Waals surface area contributed by atoms with Gasteiger partial charge in [-0.05, 0) is 101 Å². The number of hydrogen-bond donors (Lipinski definition) is 2. The lowest BCUT2D eigenvalue weighted by molar-refractivity contribution is 0.102. The van der Waals surface area contributed by atoms with Gasteiger partial charge in [0.15, 0.2) is 0 Å². The van der Waals surface area contributed by atoms with Crippen LogP contribution in [0.2, 0.25) is 0 Å². The number of nitrogens with one attached hydrogen (secondary N) is 2. The van der Waals surface area contributed by atoms with E-state index in [0.29, 0.717) is 23.0 Å². The predicted octanol–water partition coefficient (Wildman–Crippen LogP) is 5.36. The zero-order chi connectivity index (χ0) is 22.6. The molecule has 1 amide bonds. The molecule has 1 aliphatic carbocycles. The largest absolute Gasteiger partial charge is 0.490 e. The SMILES string of the molecule is CCc1cc(NC(=O)c2ccc(NS(=O)(=O)C(C)(C)C)cc2)ccc1OC1CCCC1. The molecule has 0 aromatic heterocycles. The molecule has 1 saturated carbocycles. The molecular formula is C24H32N2O4S. The molecule has 2 aromatic carbocycles. The first-order valence-electron chi connectivity index (χ1n) is 10.8. The van der Waals surface area contributed by atoms with Gasteiger partial charge in [-0.15, -0.1) is 0 Å². The van der Waals surface area contributed by atoms with Crippen LogP contribution in [0.4, 0.5) is 11.4 Å². The number of carbonyl (C=O) groups is 1. The minimum atomic E-state index is -3.52. The molecule has 6 nitrogen and oxygen atoms in total. The molecule has 2 aromatic rings. The first-order valence-corrected chi connectivity index (χ1v) is 12.3. The fourth-order valence-corrected chi connectivity index (χ4v) is 4.19. The van der Waals surface area contributed by atoms with E-state index in [0.717, 1.165) is 30.6 Å². The van der Waals surface area contributed by atoms with Crippen molar-refractivity contribution in [3.63, 3.8) is 0 Å². The van der Waals surface area contributed by atoms with Crippen molar-refractivity contribution in [1.29, 1.82) is 0 Å². The van der Waals surface area contributed by atoms with Gasteiger partial charge in [0, 0.05) is 16.9 Å². The Balaban J connectivity index is 1.67. The zero-order valence-electron chi connectivity index (χ0n) is 18.7. The maximum Gasteiger partial charge on any atom is 0.255 e. The summed E-state index contributed by atoms with van der Waals surface area (Å²) in [7, 11) is -3.52. The zero-order valence-corrected chi connectivity index (χ0v) is 19.5. The molecule has 1 aliphatic rings. The van der Waals surface area contributed by atoms with Gasteiger partial charge < -0.3 is 10.1 Å². The minimum absolute atomic E-state index is 0.253. The highest BCUT2D eigenvalue weighted by molar-refractivity contribution is 7.94. The Bertz CT molecular complexity index is 1020. The van der Waals surface area contributed by atoms with Gasteiger partial charge in [0.05, 0.1) is 10.9 Å². The average molecular weight is 445 g/mol. The van der Waals surface area contributed by atoms with Crippen molar-refractivity contribution in [2.45, 2.75) is 70.7 Å². The van der Waals surface area contributed by atoms with E-state index in [1.807, 2.05) is 18.2 Å². The van der Waals surface area contributed by atoms with E-state index in [2.05, 4.69) is 17.0 Å². The van der Waals surface area contributed by atoms with Gasteiger partial charge in [-0.25, -0.2) is 8.42 Å². The number of carbonyl (C=O) groups excluding carboxylic acids is 1. The Hall–Kier alpha value is -2.54. The van der Waals surface area contributed by atoms with Gasteiger partial charge in [-0.1, -0.05) is 6.92 Å². The van der Waals surface area contributed by atoms with E-state index >= 15 is 0 Å². The summed E-state index contributed by atoms with van der Waals surface area (Å²) in [5.74, 6) is 0.639. The van der Waals surface area contributed by atoms with Crippen LogP contribution in [0.1, 0.15) is 69.3 Å². The Kier molecular flexibility index (Phi) is 6.94. The number of rotatable bonds is 7. The van der Waals surface area contributed by atoms with E-state index < -0.39 is 14.8 Å². The van der Waals surface area contributed by atoms with E-state index in [9.17, 15) is 13.2 Å². The standard InChI is InChI=1S/C24H32N2O4S/c1-5-17-16-20(14-15-22(17)30-21-8-6-7-9-21)25-23(27)18-10-12-19(13-11-18)26-31(28,29)24(2,3)4/h10-16,21,26H,5-9H2,1-4H3,(H,25,27). The summed E-state index contributed by atoms with van der Waals surface area (Å²) < 4.78 is 32.3. The highest BCUT2D eigenvalue weighted by Crippen LogP contribution is 2.29. The molecule has 0 heterocycles. The van der Waals surface area contributed by atoms with Gasteiger partial charge in [0.1, 0.15) is 5.75 Å². The Morgan fingerprint density at radius 3 is 2.23 bits per heavy atom. The summed E-state index contributed by atoms with van der Waals surface area (Å²) in [5, 5.41) is 2.91. The van der Waals surface area contributed by atoms with Crippen molar-refractivity contribution in [2.24, 2.45) is 0 Å². The van der Waals surface area contributed by atoms with Gasteiger partial charge in [-0.3, -0.25) is 9.52 Å². The number of amides is 1. The maximum absolute atomic E-state index is 12.7. The summed E-state index contributed by atoms with van der Waals surface area (Å²) in [6.45, 7) is 6.96. The van der Waals surface area contributed by atoms with Crippen molar-refractivity contribution in [1.82, 2.24) is 0 Å². The van der Waals surface area contributed by atoms with E-state index in [1.54, 1.807) is 45.0 Å². The van der Waals surface area contributed by atoms with Crippen LogP contribution in [0.25, 0.3) is 0 Å². The molecule has 0 bridgehead atoms. The molecule has 1 fully saturated rings. The second-order valence-corrected chi connectivity index (χ2v) is 11.4.